The molecule has 0 radical (unpaired) electrons. The molecule has 0 atom stereocenters. The summed E-state index contributed by atoms with van der Waals surface area (Å²) in [6, 6.07) is 12.0. The third-order valence-corrected chi connectivity index (χ3v) is 3.94. The lowest BCUT2D eigenvalue weighted by Crippen LogP contribution is -2.33. The molecule has 0 fully saturated rings. The molecule has 2 N–H and O–H groups in total. The molecule has 138 valence electrons. The van der Waals surface area contributed by atoms with E-state index in [0.717, 1.165) is 11.1 Å². The van der Waals surface area contributed by atoms with Crippen LogP contribution in [-0.4, -0.2) is 41.1 Å². The van der Waals surface area contributed by atoms with Crippen molar-refractivity contribution < 1.29 is 19.1 Å². The summed E-state index contributed by atoms with van der Waals surface area (Å²) in [7, 11) is 1.29. The van der Waals surface area contributed by atoms with Crippen LogP contribution >= 0.6 is 0 Å². The lowest BCUT2D eigenvalue weighted by Gasteiger charge is -2.09. The van der Waals surface area contributed by atoms with E-state index in [1.165, 1.54) is 13.2 Å². The van der Waals surface area contributed by atoms with Crippen LogP contribution in [0.4, 0.5) is 5.69 Å². The highest BCUT2D eigenvalue weighted by Gasteiger charge is 2.14. The van der Waals surface area contributed by atoms with Crippen LogP contribution in [0.3, 0.4) is 0 Å². The fraction of sp³-hybridized carbons (Fsp3) is 0.158. The van der Waals surface area contributed by atoms with E-state index >= 15 is 0 Å². The average molecular weight is 366 g/mol. The van der Waals surface area contributed by atoms with Gasteiger partial charge in [0.15, 0.2) is 5.69 Å². The van der Waals surface area contributed by atoms with Crippen LogP contribution < -0.4 is 10.6 Å². The molecular formula is C19H18N4O4. The molecule has 0 bridgehead atoms. The molecule has 8 heteroatoms. The second kappa shape index (κ2) is 7.69. The first-order valence-corrected chi connectivity index (χ1v) is 8.19. The van der Waals surface area contributed by atoms with Gasteiger partial charge in [0.2, 0.25) is 5.91 Å². The zero-order valence-corrected chi connectivity index (χ0v) is 14.9. The molecule has 0 saturated carbocycles. The van der Waals surface area contributed by atoms with Gasteiger partial charge < -0.3 is 15.4 Å². The van der Waals surface area contributed by atoms with Crippen molar-refractivity contribution in [3.63, 3.8) is 0 Å². The lowest BCUT2D eigenvalue weighted by atomic mass is 10.1. The third kappa shape index (κ3) is 4.12. The van der Waals surface area contributed by atoms with E-state index in [2.05, 4.69) is 15.7 Å². The topological polar surface area (TPSA) is 102 Å². The first-order valence-electron chi connectivity index (χ1n) is 8.19. The Balaban J connectivity index is 1.61. The zero-order chi connectivity index (χ0) is 19.4. The number of pyridine rings is 1. The van der Waals surface area contributed by atoms with Crippen molar-refractivity contribution in [2.24, 2.45) is 0 Å². The van der Waals surface area contributed by atoms with Crippen molar-refractivity contribution in [1.82, 2.24) is 14.9 Å². The highest BCUT2D eigenvalue weighted by Crippen LogP contribution is 2.16. The summed E-state index contributed by atoms with van der Waals surface area (Å²) in [6.45, 7) is 1.54. The summed E-state index contributed by atoms with van der Waals surface area (Å²) < 4.78 is 6.29. The monoisotopic (exact) mass is 366 g/mol. The SMILES string of the molecule is COC(=O)c1cc(NC(=O)CNC(=O)c2cc3ccccn3n2)ccc1C. The highest BCUT2D eigenvalue weighted by molar-refractivity contribution is 6.00. The Kier molecular flexibility index (Phi) is 5.16. The fourth-order valence-electron chi connectivity index (χ4n) is 2.54. The largest absolute Gasteiger partial charge is 0.465 e. The van der Waals surface area contributed by atoms with Gasteiger partial charge in [-0.2, -0.15) is 5.10 Å². The van der Waals surface area contributed by atoms with E-state index in [0.29, 0.717) is 11.3 Å². The number of esters is 1. The van der Waals surface area contributed by atoms with Crippen molar-refractivity contribution in [3.8, 4) is 0 Å². The molecule has 1 aromatic carbocycles. The zero-order valence-electron chi connectivity index (χ0n) is 14.9. The number of ether oxygens (including phenoxy) is 1. The minimum absolute atomic E-state index is 0.220. The minimum atomic E-state index is -0.483. The first-order chi connectivity index (χ1) is 13.0. The van der Waals surface area contributed by atoms with Gasteiger partial charge in [0.05, 0.1) is 24.7 Å². The Morgan fingerprint density at radius 3 is 2.70 bits per heavy atom. The number of hydrogen-bond acceptors (Lipinski definition) is 5. The number of carbonyl (C=O) groups excluding carboxylic acids is 3. The van der Waals surface area contributed by atoms with Crippen molar-refractivity contribution in [3.05, 3.63) is 65.5 Å². The Bertz CT molecular complexity index is 992. The number of methoxy groups -OCH3 is 1. The number of nitrogens with one attached hydrogen (secondary N) is 2. The molecular weight excluding hydrogens is 348 g/mol. The summed E-state index contributed by atoms with van der Waals surface area (Å²) in [5, 5.41) is 9.30. The molecule has 0 spiro atoms. The molecule has 27 heavy (non-hydrogen) atoms. The maximum Gasteiger partial charge on any atom is 0.338 e. The van der Waals surface area contributed by atoms with E-state index in [9.17, 15) is 14.4 Å². The number of aryl methyl sites for hydroxylation is 1. The van der Waals surface area contributed by atoms with Gasteiger partial charge in [0.25, 0.3) is 5.91 Å². The van der Waals surface area contributed by atoms with Gasteiger partial charge in [0.1, 0.15) is 0 Å². The van der Waals surface area contributed by atoms with Gasteiger partial charge in [0, 0.05) is 11.9 Å². The van der Waals surface area contributed by atoms with Crippen LogP contribution in [-0.2, 0) is 9.53 Å². The van der Waals surface area contributed by atoms with Crippen LogP contribution in [0.2, 0.25) is 0 Å². The Morgan fingerprint density at radius 1 is 1.15 bits per heavy atom. The number of rotatable bonds is 5. The van der Waals surface area contributed by atoms with Crippen molar-refractivity contribution >= 4 is 29.0 Å². The second-order valence-electron chi connectivity index (χ2n) is 5.85. The maximum absolute atomic E-state index is 12.2. The van der Waals surface area contributed by atoms with Crippen LogP contribution in [0.15, 0.2) is 48.7 Å². The van der Waals surface area contributed by atoms with E-state index in [-0.39, 0.29) is 12.2 Å². The molecule has 8 nitrogen and oxygen atoms in total. The fourth-order valence-corrected chi connectivity index (χ4v) is 2.54. The minimum Gasteiger partial charge on any atom is -0.465 e. The normalized spacial score (nSPS) is 10.4. The lowest BCUT2D eigenvalue weighted by molar-refractivity contribution is -0.115. The van der Waals surface area contributed by atoms with Crippen LogP contribution in [0.25, 0.3) is 5.52 Å². The molecule has 0 aliphatic carbocycles. The molecule has 2 heterocycles. The average Bonchev–Trinajstić information content (AvgIpc) is 3.11. The van der Waals surface area contributed by atoms with Gasteiger partial charge in [-0.05, 0) is 42.8 Å². The van der Waals surface area contributed by atoms with Gasteiger partial charge in [-0.25, -0.2) is 9.31 Å². The summed E-state index contributed by atoms with van der Waals surface area (Å²) in [5.41, 5.74) is 2.54. The highest BCUT2D eigenvalue weighted by atomic mass is 16.5. The van der Waals surface area contributed by atoms with E-state index in [1.54, 1.807) is 41.9 Å². The van der Waals surface area contributed by atoms with E-state index in [4.69, 9.17) is 4.74 Å². The summed E-state index contributed by atoms with van der Waals surface area (Å²) in [5.74, 6) is -1.36. The van der Waals surface area contributed by atoms with Gasteiger partial charge >= 0.3 is 5.97 Å². The van der Waals surface area contributed by atoms with Gasteiger partial charge in [-0.15, -0.1) is 0 Å². The summed E-state index contributed by atoms with van der Waals surface area (Å²) in [4.78, 5) is 36.0. The molecule has 2 amide bonds. The smallest absolute Gasteiger partial charge is 0.338 e. The predicted molar refractivity (Wildman–Crippen MR) is 98.7 cm³/mol. The van der Waals surface area contributed by atoms with Crippen molar-refractivity contribution in [2.75, 3.05) is 19.0 Å². The molecule has 0 aliphatic rings. The van der Waals surface area contributed by atoms with Crippen molar-refractivity contribution in [1.29, 1.82) is 0 Å². The number of nitrogens with zero attached hydrogens (tertiary/aromatic N) is 2. The van der Waals surface area contributed by atoms with Crippen LogP contribution in [0.1, 0.15) is 26.4 Å². The Hall–Kier alpha value is -3.68. The second-order valence-corrected chi connectivity index (χ2v) is 5.85. The van der Waals surface area contributed by atoms with E-state index < -0.39 is 17.8 Å². The van der Waals surface area contributed by atoms with Crippen LogP contribution in [0.5, 0.6) is 0 Å². The summed E-state index contributed by atoms with van der Waals surface area (Å²) in [6.07, 6.45) is 1.73. The van der Waals surface area contributed by atoms with Gasteiger partial charge in [-0.1, -0.05) is 12.1 Å². The molecule has 0 unspecified atom stereocenters. The quantitative estimate of drug-likeness (QED) is 0.671. The standard InChI is InChI=1S/C19H18N4O4/c1-12-6-7-13(9-15(12)19(26)27-2)21-17(24)11-20-18(25)16-10-14-5-3-4-8-23(14)22-16/h3-10H,11H2,1-2H3,(H,20,25)(H,21,24). The molecule has 2 aromatic heterocycles. The van der Waals surface area contributed by atoms with Crippen molar-refractivity contribution in [2.45, 2.75) is 6.92 Å². The Labute approximate surface area is 155 Å². The summed E-state index contributed by atoms with van der Waals surface area (Å²) >= 11 is 0. The number of aromatic nitrogens is 2. The third-order valence-electron chi connectivity index (χ3n) is 3.94. The molecule has 3 rings (SSSR count). The number of carbonyl (C=O) groups is 3. The molecule has 0 aliphatic heterocycles. The number of hydrogen-bond donors (Lipinski definition) is 2. The Morgan fingerprint density at radius 2 is 1.96 bits per heavy atom. The van der Waals surface area contributed by atoms with E-state index in [1.807, 2.05) is 12.1 Å². The number of amides is 2. The number of benzene rings is 1. The first kappa shape index (κ1) is 18.1. The maximum atomic E-state index is 12.2. The number of fused-ring (bicyclic) bond motifs is 1. The van der Waals surface area contributed by atoms with Gasteiger partial charge in [-0.3, -0.25) is 9.59 Å². The van der Waals surface area contributed by atoms with Crippen LogP contribution in [0, 0.1) is 6.92 Å². The molecule has 3 aromatic rings. The predicted octanol–water partition coefficient (Wildman–Crippen LogP) is 1.80. The number of anilines is 1. The molecule has 0 saturated heterocycles.